The molecule has 0 aliphatic rings. The maximum absolute atomic E-state index is 12.2. The van der Waals surface area contributed by atoms with Crippen molar-refractivity contribution in [2.45, 2.75) is 32.6 Å². The van der Waals surface area contributed by atoms with Crippen LogP contribution in [0, 0.1) is 0 Å². The number of hydrogen-bond acceptors (Lipinski definition) is 4. The molecule has 0 atom stereocenters. The molecule has 0 bridgehead atoms. The van der Waals surface area contributed by atoms with Gasteiger partial charge in [0.05, 0.1) is 27.2 Å². The lowest BCUT2D eigenvalue weighted by Crippen LogP contribution is -2.20. The van der Waals surface area contributed by atoms with Crippen molar-refractivity contribution in [2.75, 3.05) is 18.5 Å². The largest absolute Gasteiger partial charge is 0.481 e. The van der Waals surface area contributed by atoms with E-state index >= 15 is 0 Å². The van der Waals surface area contributed by atoms with Gasteiger partial charge in [0.25, 0.3) is 5.91 Å². The summed E-state index contributed by atoms with van der Waals surface area (Å²) in [7, 11) is 0. The van der Waals surface area contributed by atoms with Gasteiger partial charge in [0.1, 0.15) is 10.0 Å². The SMILES string of the molecule is CCCCCCOC(=O)c1ccc(NC(=O)COc2c(Cl)c(Cl)c(Cl)c(Cl)c2Cl)cc1. The summed E-state index contributed by atoms with van der Waals surface area (Å²) in [6.45, 7) is 2.10. The molecule has 0 saturated heterocycles. The van der Waals surface area contributed by atoms with E-state index in [2.05, 4.69) is 12.2 Å². The number of esters is 1. The van der Waals surface area contributed by atoms with Gasteiger partial charge in [0.15, 0.2) is 12.4 Å². The van der Waals surface area contributed by atoms with Crippen molar-refractivity contribution in [1.82, 2.24) is 0 Å². The number of benzene rings is 2. The van der Waals surface area contributed by atoms with Gasteiger partial charge < -0.3 is 14.8 Å². The number of carbonyl (C=O) groups is 2. The normalized spacial score (nSPS) is 10.6. The molecule has 1 N–H and O–H groups in total. The summed E-state index contributed by atoms with van der Waals surface area (Å²) in [6.07, 6.45) is 4.10. The van der Waals surface area contributed by atoms with E-state index in [9.17, 15) is 9.59 Å². The zero-order valence-corrected chi connectivity index (χ0v) is 20.4. The van der Waals surface area contributed by atoms with Gasteiger partial charge in [-0.1, -0.05) is 84.2 Å². The van der Waals surface area contributed by atoms with Gasteiger partial charge in [0.2, 0.25) is 0 Å². The number of carbonyl (C=O) groups excluding carboxylic acids is 2. The number of nitrogens with one attached hydrogen (secondary N) is 1. The van der Waals surface area contributed by atoms with Crippen molar-refractivity contribution in [3.8, 4) is 5.75 Å². The van der Waals surface area contributed by atoms with Gasteiger partial charge in [-0.05, 0) is 30.7 Å². The highest BCUT2D eigenvalue weighted by molar-refractivity contribution is 6.55. The Balaban J connectivity index is 1.89. The van der Waals surface area contributed by atoms with Crippen LogP contribution in [0.25, 0.3) is 0 Å². The maximum atomic E-state index is 12.2. The quantitative estimate of drug-likeness (QED) is 0.149. The lowest BCUT2D eigenvalue weighted by molar-refractivity contribution is -0.118. The summed E-state index contributed by atoms with van der Waals surface area (Å²) in [4.78, 5) is 24.2. The fraction of sp³-hybridized carbons (Fsp3) is 0.333. The van der Waals surface area contributed by atoms with Crippen LogP contribution < -0.4 is 10.1 Å². The second-order valence-electron chi connectivity index (χ2n) is 6.51. The van der Waals surface area contributed by atoms with Crippen LogP contribution in [0.2, 0.25) is 25.1 Å². The van der Waals surface area contributed by atoms with Crippen LogP contribution in [0.1, 0.15) is 43.0 Å². The predicted molar refractivity (Wildman–Crippen MR) is 126 cm³/mol. The molecule has 5 nitrogen and oxygen atoms in total. The Kier molecular flexibility index (Phi) is 10.5. The van der Waals surface area contributed by atoms with Gasteiger partial charge in [0, 0.05) is 5.69 Å². The molecule has 0 radical (unpaired) electrons. The Morgan fingerprint density at radius 1 is 0.839 bits per heavy atom. The molecule has 2 aromatic carbocycles. The van der Waals surface area contributed by atoms with Crippen LogP contribution in [0.3, 0.4) is 0 Å². The van der Waals surface area contributed by atoms with E-state index in [0.717, 1.165) is 25.7 Å². The van der Waals surface area contributed by atoms with Crippen LogP contribution >= 0.6 is 58.0 Å². The van der Waals surface area contributed by atoms with E-state index in [-0.39, 0.29) is 30.9 Å². The molecule has 10 heteroatoms. The summed E-state index contributed by atoms with van der Waals surface area (Å²) >= 11 is 30.0. The highest BCUT2D eigenvalue weighted by Gasteiger charge is 2.21. The van der Waals surface area contributed by atoms with Gasteiger partial charge in [-0.3, -0.25) is 4.79 Å². The third-order valence-corrected chi connectivity index (χ3v) is 6.39. The molecule has 0 saturated carbocycles. The highest BCUT2D eigenvalue weighted by atomic mass is 35.5. The van der Waals surface area contributed by atoms with Gasteiger partial charge in [-0.2, -0.15) is 0 Å². The van der Waals surface area contributed by atoms with Crippen molar-refractivity contribution in [3.05, 3.63) is 54.9 Å². The number of halogens is 5. The van der Waals surface area contributed by atoms with Crippen LogP contribution in [-0.2, 0) is 9.53 Å². The monoisotopic (exact) mass is 525 g/mol. The van der Waals surface area contributed by atoms with Crippen LogP contribution in [-0.4, -0.2) is 25.1 Å². The topological polar surface area (TPSA) is 64.6 Å². The molecule has 2 aromatic rings. The van der Waals surface area contributed by atoms with Crippen molar-refractivity contribution >= 4 is 75.6 Å². The third-order valence-electron chi connectivity index (χ3n) is 4.15. The van der Waals surface area contributed by atoms with Crippen molar-refractivity contribution in [2.24, 2.45) is 0 Å². The third kappa shape index (κ3) is 7.33. The Morgan fingerprint density at radius 3 is 2.00 bits per heavy atom. The summed E-state index contributed by atoms with van der Waals surface area (Å²) in [6, 6.07) is 6.30. The average molecular weight is 528 g/mol. The van der Waals surface area contributed by atoms with E-state index in [4.69, 9.17) is 67.5 Å². The van der Waals surface area contributed by atoms with Crippen LogP contribution in [0.5, 0.6) is 5.75 Å². The molecule has 0 aromatic heterocycles. The van der Waals surface area contributed by atoms with Gasteiger partial charge in [-0.15, -0.1) is 0 Å². The van der Waals surface area contributed by atoms with E-state index in [1.165, 1.54) is 0 Å². The Labute approximate surface area is 205 Å². The minimum absolute atomic E-state index is 0.00490. The molecule has 2 rings (SSSR count). The lowest BCUT2D eigenvalue weighted by atomic mass is 10.2. The van der Waals surface area contributed by atoms with Gasteiger partial charge >= 0.3 is 5.97 Å². The van der Waals surface area contributed by atoms with Crippen LogP contribution in [0.15, 0.2) is 24.3 Å². The summed E-state index contributed by atoms with van der Waals surface area (Å²) in [5.74, 6) is -0.936. The number of amides is 1. The first-order valence-corrected chi connectivity index (χ1v) is 11.4. The van der Waals surface area contributed by atoms with Crippen LogP contribution in [0.4, 0.5) is 5.69 Å². The van der Waals surface area contributed by atoms with E-state index in [0.29, 0.717) is 17.9 Å². The second-order valence-corrected chi connectivity index (χ2v) is 8.40. The summed E-state index contributed by atoms with van der Waals surface area (Å²) in [5, 5.41) is 2.47. The molecular formula is C21H20Cl5NO4. The Bertz CT molecular complexity index is 905. The standard InChI is InChI=1S/C21H20Cl5NO4/c1-2-3-4-5-10-30-21(29)12-6-8-13(9-7-12)27-14(28)11-31-20-18(25)16(23)15(22)17(24)19(20)26/h6-9H,2-5,10-11H2,1H3,(H,27,28). The second kappa shape index (κ2) is 12.6. The van der Waals surface area contributed by atoms with E-state index < -0.39 is 18.5 Å². The first-order chi connectivity index (χ1) is 14.8. The Hall–Kier alpha value is -1.37. The predicted octanol–water partition coefficient (Wildman–Crippen LogP) is 7.71. The summed E-state index contributed by atoms with van der Waals surface area (Å²) in [5.41, 5.74) is 0.867. The van der Waals surface area contributed by atoms with Crippen molar-refractivity contribution in [1.29, 1.82) is 0 Å². The number of anilines is 1. The number of hydrogen-bond donors (Lipinski definition) is 1. The number of ether oxygens (including phenoxy) is 2. The molecule has 0 aliphatic carbocycles. The fourth-order valence-electron chi connectivity index (χ4n) is 2.51. The summed E-state index contributed by atoms with van der Waals surface area (Å²) < 4.78 is 10.6. The molecule has 168 valence electrons. The first-order valence-electron chi connectivity index (χ1n) is 9.47. The molecule has 1 amide bonds. The first kappa shape index (κ1) is 25.9. The number of rotatable bonds is 10. The number of unbranched alkanes of at least 4 members (excludes halogenated alkanes) is 3. The maximum Gasteiger partial charge on any atom is 0.338 e. The minimum Gasteiger partial charge on any atom is -0.481 e. The van der Waals surface area contributed by atoms with E-state index in [1.54, 1.807) is 24.3 Å². The average Bonchev–Trinajstić information content (AvgIpc) is 2.76. The molecule has 0 fully saturated rings. The lowest BCUT2D eigenvalue weighted by Gasteiger charge is -2.13. The Morgan fingerprint density at radius 2 is 1.42 bits per heavy atom. The molecular weight excluding hydrogens is 507 g/mol. The fourth-order valence-corrected chi connectivity index (χ4v) is 3.74. The van der Waals surface area contributed by atoms with Gasteiger partial charge in [-0.25, -0.2) is 4.79 Å². The molecule has 0 aliphatic heterocycles. The van der Waals surface area contributed by atoms with Crippen molar-refractivity contribution in [3.63, 3.8) is 0 Å². The zero-order chi connectivity index (χ0) is 23.0. The smallest absolute Gasteiger partial charge is 0.338 e. The van der Waals surface area contributed by atoms with Crippen molar-refractivity contribution < 1.29 is 19.1 Å². The van der Waals surface area contributed by atoms with E-state index in [1.807, 2.05) is 0 Å². The molecule has 0 spiro atoms. The highest BCUT2D eigenvalue weighted by Crippen LogP contribution is 2.48. The molecule has 31 heavy (non-hydrogen) atoms. The minimum atomic E-state index is -0.486. The molecule has 0 heterocycles. The zero-order valence-electron chi connectivity index (χ0n) is 16.6. The molecule has 0 unspecified atom stereocenters.